The molecule has 0 aromatic carbocycles. The highest BCUT2D eigenvalue weighted by Gasteiger charge is 2.36. The van der Waals surface area contributed by atoms with Crippen LogP contribution < -0.4 is 10.6 Å². The lowest BCUT2D eigenvalue weighted by Crippen LogP contribution is -2.31. The molecule has 1 fully saturated rings. The Morgan fingerprint density at radius 3 is 2.80 bits per heavy atom. The summed E-state index contributed by atoms with van der Waals surface area (Å²) in [5.41, 5.74) is 5.45. The average Bonchev–Trinajstić information content (AvgIpc) is 2.82. The van der Waals surface area contributed by atoms with E-state index in [1.54, 1.807) is 0 Å². The quantitative estimate of drug-likeness (QED) is 0.884. The van der Waals surface area contributed by atoms with Crippen LogP contribution in [0.15, 0.2) is 6.07 Å². The highest BCUT2D eigenvalue weighted by molar-refractivity contribution is 5.48. The molecule has 0 amide bonds. The summed E-state index contributed by atoms with van der Waals surface area (Å²) in [6.45, 7) is 0.716. The number of nitrogen functional groups attached to an aromatic ring is 1. The van der Waals surface area contributed by atoms with Gasteiger partial charge in [0.25, 0.3) is 0 Å². The zero-order chi connectivity index (χ0) is 14.8. The van der Waals surface area contributed by atoms with Gasteiger partial charge < -0.3 is 15.7 Å². The van der Waals surface area contributed by atoms with Gasteiger partial charge >= 0.3 is 6.18 Å². The molecule has 1 aliphatic rings. The van der Waals surface area contributed by atoms with Crippen molar-refractivity contribution in [1.29, 1.82) is 0 Å². The highest BCUT2D eigenvalue weighted by Crippen LogP contribution is 2.31. The van der Waals surface area contributed by atoms with Gasteiger partial charge in [-0.2, -0.15) is 13.2 Å². The minimum absolute atomic E-state index is 0.0735. The van der Waals surface area contributed by atoms with Crippen LogP contribution in [0.2, 0.25) is 0 Å². The van der Waals surface area contributed by atoms with Crippen molar-refractivity contribution in [3.63, 3.8) is 0 Å². The monoisotopic (exact) mass is 290 g/mol. The number of aliphatic hydroxyl groups is 1. The maximum absolute atomic E-state index is 12.7. The van der Waals surface area contributed by atoms with Gasteiger partial charge in [0.15, 0.2) is 0 Å². The van der Waals surface area contributed by atoms with Gasteiger partial charge in [-0.3, -0.25) is 0 Å². The molecule has 3 N–H and O–H groups in total. The number of hydrogen-bond acceptors (Lipinski definition) is 5. The summed E-state index contributed by atoms with van der Waals surface area (Å²) in [6, 6.07) is 1.46. The number of aliphatic hydroxyl groups excluding tert-OH is 1. The SMILES string of the molecule is Nc1cc(N2CCCC2CCCO)nc(C(F)(F)F)n1. The summed E-state index contributed by atoms with van der Waals surface area (Å²) < 4.78 is 38.1. The van der Waals surface area contributed by atoms with E-state index in [-0.39, 0.29) is 24.3 Å². The van der Waals surface area contributed by atoms with E-state index in [1.165, 1.54) is 6.07 Å². The minimum Gasteiger partial charge on any atom is -0.396 e. The molecule has 0 saturated carbocycles. The van der Waals surface area contributed by atoms with Crippen LogP contribution in [-0.4, -0.2) is 34.3 Å². The van der Waals surface area contributed by atoms with Crippen LogP contribution in [0, 0.1) is 0 Å². The predicted molar refractivity (Wildman–Crippen MR) is 68.1 cm³/mol. The second-order valence-electron chi connectivity index (χ2n) is 4.83. The van der Waals surface area contributed by atoms with Crippen LogP contribution in [0.3, 0.4) is 0 Å². The Balaban J connectivity index is 2.25. The van der Waals surface area contributed by atoms with E-state index >= 15 is 0 Å². The maximum Gasteiger partial charge on any atom is 0.451 e. The molecule has 5 nitrogen and oxygen atoms in total. The fourth-order valence-corrected chi connectivity index (χ4v) is 2.49. The second-order valence-corrected chi connectivity index (χ2v) is 4.83. The number of rotatable bonds is 4. The molecule has 112 valence electrons. The Kier molecular flexibility index (Phi) is 4.32. The maximum atomic E-state index is 12.7. The van der Waals surface area contributed by atoms with Gasteiger partial charge in [0, 0.05) is 25.3 Å². The molecule has 1 aliphatic heterocycles. The van der Waals surface area contributed by atoms with E-state index in [2.05, 4.69) is 9.97 Å². The molecule has 0 radical (unpaired) electrons. The Labute approximate surface area is 114 Å². The van der Waals surface area contributed by atoms with E-state index in [0.29, 0.717) is 13.0 Å². The summed E-state index contributed by atoms with van der Waals surface area (Å²) in [6.07, 6.45) is -1.49. The summed E-state index contributed by atoms with van der Waals surface area (Å²) in [5.74, 6) is -1.18. The van der Waals surface area contributed by atoms with Crippen LogP contribution >= 0.6 is 0 Å². The molecule has 1 aromatic heterocycles. The molecule has 1 atom stereocenters. The number of alkyl halides is 3. The van der Waals surface area contributed by atoms with Crippen molar-refractivity contribution in [2.75, 3.05) is 23.8 Å². The molecule has 2 heterocycles. The summed E-state index contributed by atoms with van der Waals surface area (Å²) in [4.78, 5) is 8.65. The van der Waals surface area contributed by atoms with Gasteiger partial charge in [0.1, 0.15) is 11.6 Å². The zero-order valence-electron chi connectivity index (χ0n) is 10.9. The number of halogens is 3. The van der Waals surface area contributed by atoms with E-state index in [0.717, 1.165) is 19.3 Å². The lowest BCUT2D eigenvalue weighted by atomic mass is 10.1. The third-order valence-electron chi connectivity index (χ3n) is 3.35. The molecule has 2 rings (SSSR count). The van der Waals surface area contributed by atoms with Crippen LogP contribution in [0.4, 0.5) is 24.8 Å². The van der Waals surface area contributed by atoms with E-state index in [1.807, 2.05) is 4.90 Å². The van der Waals surface area contributed by atoms with Gasteiger partial charge in [-0.25, -0.2) is 9.97 Å². The average molecular weight is 290 g/mol. The molecule has 1 aromatic rings. The highest BCUT2D eigenvalue weighted by atomic mass is 19.4. The molecule has 1 unspecified atom stereocenters. The molecule has 0 spiro atoms. The van der Waals surface area contributed by atoms with E-state index < -0.39 is 12.0 Å². The molecular weight excluding hydrogens is 273 g/mol. The third kappa shape index (κ3) is 3.30. The minimum atomic E-state index is -4.61. The van der Waals surface area contributed by atoms with Crippen molar-refractivity contribution in [3.05, 3.63) is 11.9 Å². The first kappa shape index (κ1) is 14.8. The van der Waals surface area contributed by atoms with Gasteiger partial charge in [-0.1, -0.05) is 0 Å². The fourth-order valence-electron chi connectivity index (χ4n) is 2.49. The first-order valence-corrected chi connectivity index (χ1v) is 6.51. The molecular formula is C12H17F3N4O. The Morgan fingerprint density at radius 2 is 2.15 bits per heavy atom. The van der Waals surface area contributed by atoms with E-state index in [9.17, 15) is 13.2 Å². The molecule has 0 bridgehead atoms. The van der Waals surface area contributed by atoms with Gasteiger partial charge in [0.2, 0.25) is 5.82 Å². The van der Waals surface area contributed by atoms with Crippen molar-refractivity contribution < 1.29 is 18.3 Å². The Hall–Kier alpha value is -1.57. The number of anilines is 2. The smallest absolute Gasteiger partial charge is 0.396 e. The Morgan fingerprint density at radius 1 is 1.40 bits per heavy atom. The lowest BCUT2D eigenvalue weighted by Gasteiger charge is -2.26. The molecule has 1 saturated heterocycles. The van der Waals surface area contributed by atoms with Crippen molar-refractivity contribution in [1.82, 2.24) is 9.97 Å². The predicted octanol–water partition coefficient (Wildman–Crippen LogP) is 1.82. The summed E-state index contributed by atoms with van der Waals surface area (Å²) >= 11 is 0. The van der Waals surface area contributed by atoms with Crippen LogP contribution in [0.1, 0.15) is 31.5 Å². The second kappa shape index (κ2) is 5.82. The third-order valence-corrected chi connectivity index (χ3v) is 3.35. The van der Waals surface area contributed by atoms with Gasteiger partial charge in [-0.05, 0) is 25.7 Å². The Bertz CT molecular complexity index is 467. The lowest BCUT2D eigenvalue weighted by molar-refractivity contribution is -0.144. The molecule has 20 heavy (non-hydrogen) atoms. The van der Waals surface area contributed by atoms with Crippen LogP contribution in [-0.2, 0) is 6.18 Å². The number of aromatic nitrogens is 2. The van der Waals surface area contributed by atoms with Crippen LogP contribution in [0.5, 0.6) is 0 Å². The zero-order valence-corrected chi connectivity index (χ0v) is 10.9. The molecule has 8 heteroatoms. The van der Waals surface area contributed by atoms with Crippen molar-refractivity contribution in [3.8, 4) is 0 Å². The number of nitrogens with two attached hydrogens (primary N) is 1. The van der Waals surface area contributed by atoms with Gasteiger partial charge in [-0.15, -0.1) is 0 Å². The van der Waals surface area contributed by atoms with Gasteiger partial charge in [0.05, 0.1) is 0 Å². The topological polar surface area (TPSA) is 75.3 Å². The van der Waals surface area contributed by atoms with Crippen molar-refractivity contribution in [2.24, 2.45) is 0 Å². The standard InChI is InChI=1S/C12H17F3N4O/c13-12(14,15)11-17-9(16)7-10(18-11)19-5-1-3-8(19)4-2-6-20/h7-8,20H,1-6H2,(H2,16,17,18). The summed E-state index contributed by atoms with van der Waals surface area (Å²) in [7, 11) is 0. The van der Waals surface area contributed by atoms with E-state index in [4.69, 9.17) is 10.8 Å². The first-order valence-electron chi connectivity index (χ1n) is 6.51. The fraction of sp³-hybridized carbons (Fsp3) is 0.667. The largest absolute Gasteiger partial charge is 0.451 e. The first-order chi connectivity index (χ1) is 9.41. The van der Waals surface area contributed by atoms with Crippen molar-refractivity contribution >= 4 is 11.6 Å². The molecule has 0 aliphatic carbocycles. The summed E-state index contributed by atoms with van der Waals surface area (Å²) in [5, 5.41) is 8.87. The van der Waals surface area contributed by atoms with Crippen molar-refractivity contribution in [2.45, 2.75) is 37.9 Å². The van der Waals surface area contributed by atoms with Crippen LogP contribution in [0.25, 0.3) is 0 Å². The normalized spacial score (nSPS) is 19.6. The number of hydrogen-bond donors (Lipinski definition) is 2. The number of nitrogens with zero attached hydrogens (tertiary/aromatic N) is 3.